The van der Waals surface area contributed by atoms with Crippen molar-refractivity contribution in [1.82, 2.24) is 0 Å². The standard InChI is InChI=1S/C14H9O/c1-2-6-11(7-3-1)14-10-12-8-4-5-9-13(12)15-14/h1-2,4-10H. The lowest BCUT2D eigenvalue weighted by Gasteiger charge is -1.92. The van der Waals surface area contributed by atoms with Gasteiger partial charge in [-0.25, -0.2) is 0 Å². The Balaban J connectivity index is 2.21. The highest BCUT2D eigenvalue weighted by molar-refractivity contribution is 5.82. The maximum atomic E-state index is 5.73. The minimum Gasteiger partial charge on any atom is -0.456 e. The zero-order valence-corrected chi connectivity index (χ0v) is 8.10. The van der Waals surface area contributed by atoms with Gasteiger partial charge < -0.3 is 4.42 Å². The fraction of sp³-hybridized carbons (Fsp3) is 0. The summed E-state index contributed by atoms with van der Waals surface area (Å²) in [5, 5.41) is 1.14. The Morgan fingerprint density at radius 1 is 1.00 bits per heavy atom. The highest BCUT2D eigenvalue weighted by Gasteiger charge is 2.03. The third kappa shape index (κ3) is 1.42. The van der Waals surface area contributed by atoms with Gasteiger partial charge in [0.2, 0.25) is 0 Å². The van der Waals surface area contributed by atoms with E-state index in [0.29, 0.717) is 0 Å². The van der Waals surface area contributed by atoms with Gasteiger partial charge in [0.15, 0.2) is 0 Å². The van der Waals surface area contributed by atoms with E-state index in [-0.39, 0.29) is 0 Å². The molecule has 3 aromatic rings. The van der Waals surface area contributed by atoms with Gasteiger partial charge in [0.05, 0.1) is 0 Å². The molecule has 0 amide bonds. The smallest absolute Gasteiger partial charge is 0.135 e. The molecule has 0 atom stereocenters. The lowest BCUT2D eigenvalue weighted by molar-refractivity contribution is 0.631. The Kier molecular flexibility index (Phi) is 1.82. The average molecular weight is 193 g/mol. The second-order valence-electron chi connectivity index (χ2n) is 3.44. The molecule has 0 spiro atoms. The summed E-state index contributed by atoms with van der Waals surface area (Å²) in [6.45, 7) is 0. The van der Waals surface area contributed by atoms with E-state index < -0.39 is 0 Å². The maximum Gasteiger partial charge on any atom is 0.135 e. The Hall–Kier alpha value is -2.02. The lowest BCUT2D eigenvalue weighted by Crippen LogP contribution is -1.69. The van der Waals surface area contributed by atoms with Crippen LogP contribution >= 0.6 is 0 Å². The van der Waals surface area contributed by atoms with Crippen LogP contribution in [0.25, 0.3) is 22.3 Å². The van der Waals surface area contributed by atoms with Crippen LogP contribution < -0.4 is 0 Å². The van der Waals surface area contributed by atoms with Crippen molar-refractivity contribution in [3.63, 3.8) is 0 Å². The second-order valence-corrected chi connectivity index (χ2v) is 3.44. The van der Waals surface area contributed by atoms with E-state index in [2.05, 4.69) is 18.2 Å². The van der Waals surface area contributed by atoms with Crippen molar-refractivity contribution in [3.05, 3.63) is 60.7 Å². The lowest BCUT2D eigenvalue weighted by atomic mass is 10.1. The van der Waals surface area contributed by atoms with Crippen molar-refractivity contribution in [2.45, 2.75) is 0 Å². The van der Waals surface area contributed by atoms with Gasteiger partial charge in [-0.2, -0.15) is 0 Å². The van der Waals surface area contributed by atoms with Crippen molar-refractivity contribution in [3.8, 4) is 11.3 Å². The van der Waals surface area contributed by atoms with Crippen LogP contribution in [0.5, 0.6) is 0 Å². The second kappa shape index (κ2) is 3.28. The molecule has 3 rings (SSSR count). The molecule has 0 N–H and O–H groups in total. The predicted molar refractivity (Wildman–Crippen MR) is 60.5 cm³/mol. The number of rotatable bonds is 1. The first-order valence-electron chi connectivity index (χ1n) is 4.88. The summed E-state index contributed by atoms with van der Waals surface area (Å²) < 4.78 is 5.73. The summed E-state index contributed by atoms with van der Waals surface area (Å²) in [6, 6.07) is 20.9. The first-order valence-corrected chi connectivity index (χ1v) is 4.88. The van der Waals surface area contributed by atoms with Crippen molar-refractivity contribution in [2.24, 2.45) is 0 Å². The Morgan fingerprint density at radius 3 is 2.73 bits per heavy atom. The molecule has 0 saturated heterocycles. The number of fused-ring (bicyclic) bond motifs is 1. The summed E-state index contributed by atoms with van der Waals surface area (Å²) in [5.74, 6) is 0.896. The van der Waals surface area contributed by atoms with Gasteiger partial charge in [-0.15, -0.1) is 0 Å². The highest BCUT2D eigenvalue weighted by Crippen LogP contribution is 2.26. The largest absolute Gasteiger partial charge is 0.456 e. The van der Waals surface area contributed by atoms with Crippen LogP contribution in [0.3, 0.4) is 0 Å². The summed E-state index contributed by atoms with van der Waals surface area (Å²) in [4.78, 5) is 0. The minimum atomic E-state index is 0.896. The van der Waals surface area contributed by atoms with Crippen LogP contribution in [0.4, 0.5) is 0 Å². The molecule has 1 nitrogen and oxygen atoms in total. The van der Waals surface area contributed by atoms with Crippen LogP contribution in [-0.2, 0) is 0 Å². The van der Waals surface area contributed by atoms with Gasteiger partial charge in [0.25, 0.3) is 0 Å². The van der Waals surface area contributed by atoms with Crippen molar-refractivity contribution < 1.29 is 4.42 Å². The molecule has 1 heterocycles. The quantitative estimate of drug-likeness (QED) is 0.571. The Morgan fingerprint density at radius 2 is 1.93 bits per heavy atom. The van der Waals surface area contributed by atoms with Gasteiger partial charge in [0, 0.05) is 10.9 Å². The van der Waals surface area contributed by atoms with Crippen LogP contribution in [0.1, 0.15) is 0 Å². The SMILES string of the molecule is [c]1cccc(-c2cc3ccccc3o2)c1. The zero-order chi connectivity index (χ0) is 10.1. The summed E-state index contributed by atoms with van der Waals surface area (Å²) in [5.41, 5.74) is 1.99. The van der Waals surface area contributed by atoms with Gasteiger partial charge in [-0.3, -0.25) is 0 Å². The maximum absolute atomic E-state index is 5.73. The topological polar surface area (TPSA) is 13.1 Å². The molecular weight excluding hydrogens is 184 g/mol. The molecule has 0 aliphatic rings. The van der Waals surface area contributed by atoms with Crippen molar-refractivity contribution in [1.29, 1.82) is 0 Å². The average Bonchev–Trinajstić information content (AvgIpc) is 2.74. The Labute approximate surface area is 88.0 Å². The molecule has 2 aromatic carbocycles. The summed E-state index contributed by atoms with van der Waals surface area (Å²) >= 11 is 0. The van der Waals surface area contributed by atoms with Crippen LogP contribution in [0.2, 0.25) is 0 Å². The third-order valence-electron chi connectivity index (χ3n) is 2.42. The molecule has 0 unspecified atom stereocenters. The predicted octanol–water partition coefficient (Wildman–Crippen LogP) is 3.90. The van der Waals surface area contributed by atoms with Gasteiger partial charge in [0.1, 0.15) is 11.3 Å². The molecule has 1 aromatic heterocycles. The summed E-state index contributed by atoms with van der Waals surface area (Å²) in [6.07, 6.45) is 0. The molecule has 15 heavy (non-hydrogen) atoms. The van der Waals surface area contributed by atoms with Gasteiger partial charge in [-0.1, -0.05) is 36.4 Å². The number of para-hydroxylation sites is 1. The minimum absolute atomic E-state index is 0.896. The highest BCUT2D eigenvalue weighted by atomic mass is 16.3. The van der Waals surface area contributed by atoms with E-state index in [9.17, 15) is 0 Å². The van der Waals surface area contributed by atoms with Crippen LogP contribution in [0.15, 0.2) is 59.0 Å². The normalized spacial score (nSPS) is 10.7. The molecule has 0 saturated carbocycles. The van der Waals surface area contributed by atoms with Crippen molar-refractivity contribution in [2.75, 3.05) is 0 Å². The molecule has 1 radical (unpaired) electrons. The van der Waals surface area contributed by atoms with Crippen LogP contribution in [0, 0.1) is 6.07 Å². The van der Waals surface area contributed by atoms with E-state index >= 15 is 0 Å². The van der Waals surface area contributed by atoms with Crippen LogP contribution in [-0.4, -0.2) is 0 Å². The van der Waals surface area contributed by atoms with E-state index in [1.807, 2.05) is 42.5 Å². The molecule has 0 fully saturated rings. The first-order chi connectivity index (χ1) is 7.43. The molecule has 0 bridgehead atoms. The first kappa shape index (κ1) is 8.30. The number of hydrogen-bond donors (Lipinski definition) is 0. The van der Waals surface area contributed by atoms with E-state index in [4.69, 9.17) is 4.42 Å². The van der Waals surface area contributed by atoms with Gasteiger partial charge >= 0.3 is 0 Å². The molecule has 1 heteroatoms. The summed E-state index contributed by atoms with van der Waals surface area (Å²) in [7, 11) is 0. The molecule has 71 valence electrons. The number of furan rings is 1. The zero-order valence-electron chi connectivity index (χ0n) is 8.10. The van der Waals surface area contributed by atoms with E-state index in [1.54, 1.807) is 0 Å². The monoisotopic (exact) mass is 193 g/mol. The molecule has 0 aliphatic heterocycles. The Bertz CT molecular complexity index is 545. The van der Waals surface area contributed by atoms with E-state index in [1.165, 1.54) is 0 Å². The third-order valence-corrected chi connectivity index (χ3v) is 2.42. The van der Waals surface area contributed by atoms with Gasteiger partial charge in [-0.05, 0) is 24.3 Å². The number of benzene rings is 2. The van der Waals surface area contributed by atoms with Crippen molar-refractivity contribution >= 4 is 11.0 Å². The van der Waals surface area contributed by atoms with E-state index in [0.717, 1.165) is 22.3 Å². The molecular formula is C14H9O. The fourth-order valence-corrected chi connectivity index (χ4v) is 1.67. The fourth-order valence-electron chi connectivity index (χ4n) is 1.67. The number of hydrogen-bond acceptors (Lipinski definition) is 1. The molecule has 0 aliphatic carbocycles.